The molecule has 1 unspecified atom stereocenters. The van der Waals surface area contributed by atoms with Gasteiger partial charge >= 0.3 is 12.1 Å². The molecule has 1 N–H and O–H groups in total. The van der Waals surface area contributed by atoms with Crippen LogP contribution in [0, 0.1) is 0 Å². The van der Waals surface area contributed by atoms with Crippen molar-refractivity contribution >= 4 is 29.2 Å². The van der Waals surface area contributed by atoms with Crippen LogP contribution in [0.3, 0.4) is 0 Å². The van der Waals surface area contributed by atoms with Gasteiger partial charge in [-0.25, -0.2) is 0 Å². The van der Waals surface area contributed by atoms with Gasteiger partial charge in [-0.05, 0) is 17.7 Å². The van der Waals surface area contributed by atoms with Gasteiger partial charge in [-0.1, -0.05) is 42.5 Å². The molecule has 1 heterocycles. The fourth-order valence-electron chi connectivity index (χ4n) is 3.67. The van der Waals surface area contributed by atoms with E-state index >= 15 is 0 Å². The number of nitrogens with zero attached hydrogens (tertiary/aromatic N) is 2. The number of anilines is 2. The summed E-state index contributed by atoms with van der Waals surface area (Å²) in [6.45, 7) is -0.0371. The molecule has 0 bridgehead atoms. The predicted molar refractivity (Wildman–Crippen MR) is 115 cm³/mol. The molecule has 0 fully saturated rings. The van der Waals surface area contributed by atoms with Gasteiger partial charge in [-0.15, -0.1) is 0 Å². The molecule has 176 valence electrons. The number of esters is 1. The molecular weight excluding hydrogens is 439 g/mol. The minimum Gasteiger partial charge on any atom is -0.469 e. The third kappa shape index (κ3) is 6.32. The van der Waals surface area contributed by atoms with E-state index in [4.69, 9.17) is 0 Å². The number of fused-ring (bicyclic) bond motifs is 1. The lowest BCUT2D eigenvalue weighted by molar-refractivity contribution is -0.158. The summed E-state index contributed by atoms with van der Waals surface area (Å²) in [5, 5.41) is 2.44. The Morgan fingerprint density at radius 2 is 1.79 bits per heavy atom. The largest absolute Gasteiger partial charge is 0.469 e. The Hall–Kier alpha value is -3.40. The number of ether oxygens (including phenoxy) is 1. The van der Waals surface area contributed by atoms with Crippen LogP contribution >= 0.6 is 0 Å². The number of carbonyl (C=O) groups excluding carboxylic acids is 3. The number of hydrogen-bond acceptors (Lipinski definition) is 5. The lowest BCUT2D eigenvalue weighted by Gasteiger charge is -2.33. The molecule has 2 amide bonds. The van der Waals surface area contributed by atoms with E-state index in [9.17, 15) is 27.6 Å². The third-order valence-electron chi connectivity index (χ3n) is 5.24. The molecular formula is C23H24F3N3O4. The second kappa shape index (κ2) is 10.5. The van der Waals surface area contributed by atoms with Crippen molar-refractivity contribution in [1.82, 2.24) is 4.90 Å². The normalized spacial score (nSPS) is 16.1. The molecule has 2 aromatic rings. The lowest BCUT2D eigenvalue weighted by atomic mass is 10.1. The van der Waals surface area contributed by atoms with Crippen molar-refractivity contribution < 1.29 is 32.3 Å². The first kappa shape index (κ1) is 24.2. The van der Waals surface area contributed by atoms with E-state index in [2.05, 4.69) is 10.1 Å². The molecule has 0 radical (unpaired) electrons. The second-order valence-electron chi connectivity index (χ2n) is 7.61. The molecule has 0 spiro atoms. The van der Waals surface area contributed by atoms with Crippen LogP contribution in [0.15, 0.2) is 54.6 Å². The van der Waals surface area contributed by atoms with Gasteiger partial charge in [0.2, 0.25) is 11.8 Å². The van der Waals surface area contributed by atoms with Crippen molar-refractivity contribution in [3.63, 3.8) is 0 Å². The number of benzene rings is 2. The Morgan fingerprint density at radius 3 is 2.45 bits per heavy atom. The first-order valence-electron chi connectivity index (χ1n) is 10.3. The third-order valence-corrected chi connectivity index (χ3v) is 5.24. The highest BCUT2D eigenvalue weighted by atomic mass is 19.4. The molecule has 1 aliphatic rings. The number of alkyl halides is 3. The van der Waals surface area contributed by atoms with Gasteiger partial charge in [0.25, 0.3) is 0 Å². The molecule has 0 saturated carbocycles. The highest BCUT2D eigenvalue weighted by molar-refractivity contribution is 6.05. The van der Waals surface area contributed by atoms with Gasteiger partial charge in [-0.3, -0.25) is 24.2 Å². The maximum atomic E-state index is 13.9. The standard InChI is InChI=1S/C23H24F3N3O4/c1-33-22(32)11-12-28(14-16-7-3-2-4-8-16)15-21(31)29-18-10-6-5-9-17(18)27-20(30)13-19(29)23(24,25)26/h2-10,19H,11-15H2,1H3,(H,27,30). The van der Waals surface area contributed by atoms with E-state index in [1.165, 1.54) is 25.3 Å². The molecule has 1 aliphatic heterocycles. The number of hydrogen-bond donors (Lipinski definition) is 1. The SMILES string of the molecule is COC(=O)CCN(CC(=O)N1c2ccccc2NC(=O)CC1C(F)(F)F)Cc1ccccc1. The number of amides is 2. The zero-order valence-electron chi connectivity index (χ0n) is 18.0. The quantitative estimate of drug-likeness (QED) is 0.638. The van der Waals surface area contributed by atoms with Crippen LogP contribution < -0.4 is 10.2 Å². The number of rotatable bonds is 7. The number of para-hydroxylation sites is 2. The maximum absolute atomic E-state index is 13.9. The summed E-state index contributed by atoms with van der Waals surface area (Å²) < 4.78 is 46.5. The van der Waals surface area contributed by atoms with Crippen molar-refractivity contribution in [2.75, 3.05) is 30.4 Å². The predicted octanol–water partition coefficient (Wildman–Crippen LogP) is 3.36. The van der Waals surface area contributed by atoms with Gasteiger partial charge in [0.05, 0.1) is 37.9 Å². The Bertz CT molecular complexity index is 998. The van der Waals surface area contributed by atoms with Crippen LogP contribution in [0.2, 0.25) is 0 Å². The van der Waals surface area contributed by atoms with E-state index in [-0.39, 0.29) is 37.4 Å². The number of halogens is 3. The second-order valence-corrected chi connectivity index (χ2v) is 7.61. The monoisotopic (exact) mass is 463 g/mol. The van der Waals surface area contributed by atoms with Crippen LogP contribution in [0.1, 0.15) is 18.4 Å². The summed E-state index contributed by atoms with van der Waals surface area (Å²) in [6.07, 6.45) is -5.76. The van der Waals surface area contributed by atoms with E-state index in [1.54, 1.807) is 23.1 Å². The highest BCUT2D eigenvalue weighted by Crippen LogP contribution is 2.37. The molecule has 2 aromatic carbocycles. The van der Waals surface area contributed by atoms with Crippen LogP contribution in [-0.2, 0) is 25.7 Å². The topological polar surface area (TPSA) is 79.0 Å². The van der Waals surface area contributed by atoms with Gasteiger partial charge in [0, 0.05) is 13.1 Å². The van der Waals surface area contributed by atoms with Gasteiger partial charge in [0.15, 0.2) is 0 Å². The van der Waals surface area contributed by atoms with E-state index in [1.807, 2.05) is 18.2 Å². The lowest BCUT2D eigenvalue weighted by Crippen LogP contribution is -2.52. The summed E-state index contributed by atoms with van der Waals surface area (Å²) in [6, 6.07) is 12.6. The van der Waals surface area contributed by atoms with Crippen molar-refractivity contribution in [2.24, 2.45) is 0 Å². The van der Waals surface area contributed by atoms with Crippen molar-refractivity contribution in [2.45, 2.75) is 31.6 Å². The van der Waals surface area contributed by atoms with Crippen molar-refractivity contribution in [1.29, 1.82) is 0 Å². The number of methoxy groups -OCH3 is 1. The molecule has 33 heavy (non-hydrogen) atoms. The summed E-state index contributed by atoms with van der Waals surface area (Å²) >= 11 is 0. The fourth-order valence-corrected chi connectivity index (χ4v) is 3.67. The molecule has 7 nitrogen and oxygen atoms in total. The Kier molecular flexibility index (Phi) is 7.70. The Labute approximate surface area is 189 Å². The molecule has 1 atom stereocenters. The number of carbonyl (C=O) groups is 3. The Balaban J connectivity index is 1.91. The molecule has 0 saturated heterocycles. The summed E-state index contributed by atoms with van der Waals surface area (Å²) in [5.74, 6) is -2.16. The first-order chi connectivity index (χ1) is 15.7. The summed E-state index contributed by atoms with van der Waals surface area (Å²) in [7, 11) is 1.24. The van der Waals surface area contributed by atoms with Gasteiger partial charge in [-0.2, -0.15) is 13.2 Å². The summed E-state index contributed by atoms with van der Waals surface area (Å²) in [4.78, 5) is 39.3. The van der Waals surface area contributed by atoms with Crippen LogP contribution in [0.5, 0.6) is 0 Å². The zero-order chi connectivity index (χ0) is 24.0. The zero-order valence-corrected chi connectivity index (χ0v) is 18.0. The minimum atomic E-state index is -4.82. The van der Waals surface area contributed by atoms with Gasteiger partial charge < -0.3 is 10.1 Å². The molecule has 0 aromatic heterocycles. The molecule has 0 aliphatic carbocycles. The van der Waals surface area contributed by atoms with Crippen LogP contribution in [0.4, 0.5) is 24.5 Å². The minimum absolute atomic E-state index is 0.0247. The van der Waals surface area contributed by atoms with Gasteiger partial charge in [0.1, 0.15) is 6.04 Å². The van der Waals surface area contributed by atoms with E-state index < -0.39 is 36.4 Å². The molecule has 10 heteroatoms. The van der Waals surface area contributed by atoms with Crippen molar-refractivity contribution in [3.8, 4) is 0 Å². The molecule has 3 rings (SSSR count). The average molecular weight is 463 g/mol. The maximum Gasteiger partial charge on any atom is 0.409 e. The smallest absolute Gasteiger partial charge is 0.409 e. The summed E-state index contributed by atoms with van der Waals surface area (Å²) in [5.41, 5.74) is 0.936. The van der Waals surface area contributed by atoms with Crippen molar-refractivity contribution in [3.05, 3.63) is 60.2 Å². The first-order valence-corrected chi connectivity index (χ1v) is 10.3. The average Bonchev–Trinajstić information content (AvgIpc) is 2.93. The Morgan fingerprint density at radius 1 is 1.12 bits per heavy atom. The van der Waals surface area contributed by atoms with E-state index in [0.29, 0.717) is 4.90 Å². The number of nitrogens with one attached hydrogen (secondary N) is 1. The van der Waals surface area contributed by atoms with E-state index in [0.717, 1.165) is 5.56 Å². The highest BCUT2D eigenvalue weighted by Gasteiger charge is 2.49. The van der Waals surface area contributed by atoms with Crippen LogP contribution in [0.25, 0.3) is 0 Å². The fraction of sp³-hybridized carbons (Fsp3) is 0.348. The van der Waals surface area contributed by atoms with Crippen LogP contribution in [-0.4, -0.2) is 55.1 Å².